The molecule has 1 amide bonds. The molecule has 0 saturated carbocycles. The van der Waals surface area contributed by atoms with Crippen molar-refractivity contribution in [1.82, 2.24) is 5.32 Å². The zero-order valence-corrected chi connectivity index (χ0v) is 11.3. The molecule has 0 unspecified atom stereocenters. The summed E-state index contributed by atoms with van der Waals surface area (Å²) in [5.74, 6) is 1.87. The van der Waals surface area contributed by atoms with Gasteiger partial charge in [-0.15, -0.1) is 0 Å². The van der Waals surface area contributed by atoms with Gasteiger partial charge in [-0.05, 0) is 24.0 Å². The number of carbonyl (C=O) groups is 1. The molecule has 0 radical (unpaired) electrons. The lowest BCUT2D eigenvalue weighted by molar-refractivity contribution is -0.120. The Hall–Kier alpha value is -0.180. The van der Waals surface area contributed by atoms with Crippen LogP contribution in [0.3, 0.4) is 0 Å². The SMILES string of the molecule is CC(C)CCCNC(=O)CCSC(C)C. The second-order valence-corrected chi connectivity index (χ2v) is 6.24. The molecular weight excluding hydrogens is 206 g/mol. The molecule has 90 valence electrons. The van der Waals surface area contributed by atoms with Crippen molar-refractivity contribution < 1.29 is 4.79 Å². The average molecular weight is 231 g/mol. The first kappa shape index (κ1) is 14.8. The number of nitrogens with one attached hydrogen (secondary N) is 1. The highest BCUT2D eigenvalue weighted by molar-refractivity contribution is 7.99. The average Bonchev–Trinajstić information content (AvgIpc) is 2.11. The smallest absolute Gasteiger partial charge is 0.220 e. The fraction of sp³-hybridized carbons (Fsp3) is 0.917. The van der Waals surface area contributed by atoms with E-state index in [1.165, 1.54) is 6.42 Å². The van der Waals surface area contributed by atoms with E-state index in [2.05, 4.69) is 33.0 Å². The Morgan fingerprint density at radius 3 is 2.47 bits per heavy atom. The van der Waals surface area contributed by atoms with Gasteiger partial charge >= 0.3 is 0 Å². The predicted octanol–water partition coefficient (Wildman–Crippen LogP) is 3.07. The Bertz CT molecular complexity index is 169. The third-order valence-electron chi connectivity index (χ3n) is 2.06. The lowest BCUT2D eigenvalue weighted by Crippen LogP contribution is -2.25. The topological polar surface area (TPSA) is 29.1 Å². The van der Waals surface area contributed by atoms with Crippen molar-refractivity contribution in [1.29, 1.82) is 0 Å². The second kappa shape index (κ2) is 9.08. The summed E-state index contributed by atoms with van der Waals surface area (Å²) in [6.45, 7) is 9.57. The first-order valence-corrected chi connectivity index (χ1v) is 6.95. The largest absolute Gasteiger partial charge is 0.356 e. The van der Waals surface area contributed by atoms with Crippen LogP contribution in [0.4, 0.5) is 0 Å². The Morgan fingerprint density at radius 2 is 1.93 bits per heavy atom. The van der Waals surface area contributed by atoms with Crippen molar-refractivity contribution in [3.05, 3.63) is 0 Å². The molecular formula is C12H25NOS. The number of carbonyl (C=O) groups excluding carboxylic acids is 1. The Kier molecular flexibility index (Phi) is 8.97. The summed E-state index contributed by atoms with van der Waals surface area (Å²) in [7, 11) is 0. The molecule has 0 fully saturated rings. The molecule has 15 heavy (non-hydrogen) atoms. The van der Waals surface area contributed by atoms with Gasteiger partial charge in [-0.1, -0.05) is 27.7 Å². The molecule has 0 aromatic carbocycles. The molecule has 3 heteroatoms. The van der Waals surface area contributed by atoms with Crippen molar-refractivity contribution in [2.24, 2.45) is 5.92 Å². The normalized spacial score (nSPS) is 11.1. The van der Waals surface area contributed by atoms with Gasteiger partial charge in [-0.2, -0.15) is 11.8 Å². The van der Waals surface area contributed by atoms with Gasteiger partial charge in [-0.3, -0.25) is 4.79 Å². The van der Waals surface area contributed by atoms with Crippen LogP contribution in [0.15, 0.2) is 0 Å². The third kappa shape index (κ3) is 11.7. The van der Waals surface area contributed by atoms with E-state index >= 15 is 0 Å². The van der Waals surface area contributed by atoms with Crippen LogP contribution in [0.5, 0.6) is 0 Å². The van der Waals surface area contributed by atoms with E-state index in [4.69, 9.17) is 0 Å². The molecule has 0 bridgehead atoms. The standard InChI is InChI=1S/C12H25NOS/c1-10(2)6-5-8-13-12(14)7-9-15-11(3)4/h10-11H,5-9H2,1-4H3,(H,13,14). The van der Waals surface area contributed by atoms with Gasteiger partial charge < -0.3 is 5.32 Å². The highest BCUT2D eigenvalue weighted by Gasteiger charge is 2.02. The quantitative estimate of drug-likeness (QED) is 0.650. The van der Waals surface area contributed by atoms with Crippen molar-refractivity contribution in [2.45, 2.75) is 52.2 Å². The highest BCUT2D eigenvalue weighted by atomic mass is 32.2. The van der Waals surface area contributed by atoms with Gasteiger partial charge in [-0.25, -0.2) is 0 Å². The van der Waals surface area contributed by atoms with E-state index in [9.17, 15) is 4.79 Å². The first-order chi connectivity index (χ1) is 7.02. The molecule has 0 aromatic rings. The van der Waals surface area contributed by atoms with Crippen LogP contribution in [0.25, 0.3) is 0 Å². The highest BCUT2D eigenvalue weighted by Crippen LogP contribution is 2.09. The van der Waals surface area contributed by atoms with Gasteiger partial charge in [0.15, 0.2) is 0 Å². The summed E-state index contributed by atoms with van der Waals surface area (Å²) in [6.07, 6.45) is 2.95. The van der Waals surface area contributed by atoms with E-state index in [1.807, 2.05) is 11.8 Å². The molecule has 0 aromatic heterocycles. The summed E-state index contributed by atoms with van der Waals surface area (Å²) in [4.78, 5) is 11.3. The predicted molar refractivity (Wildman–Crippen MR) is 69.3 cm³/mol. The molecule has 0 aliphatic carbocycles. The number of thioether (sulfide) groups is 1. The van der Waals surface area contributed by atoms with Crippen molar-refractivity contribution in [2.75, 3.05) is 12.3 Å². The maximum Gasteiger partial charge on any atom is 0.220 e. The Balaban J connectivity index is 3.26. The third-order valence-corrected chi connectivity index (χ3v) is 3.17. The van der Waals surface area contributed by atoms with Crippen LogP contribution in [-0.2, 0) is 4.79 Å². The molecule has 0 atom stereocenters. The van der Waals surface area contributed by atoms with E-state index in [-0.39, 0.29) is 5.91 Å². The van der Waals surface area contributed by atoms with Crippen LogP contribution < -0.4 is 5.32 Å². The van der Waals surface area contributed by atoms with Gasteiger partial charge in [0.05, 0.1) is 0 Å². The number of amides is 1. The number of hydrogen-bond donors (Lipinski definition) is 1. The monoisotopic (exact) mass is 231 g/mol. The van der Waals surface area contributed by atoms with Gasteiger partial charge in [0.2, 0.25) is 5.91 Å². The lowest BCUT2D eigenvalue weighted by atomic mass is 10.1. The molecule has 0 aliphatic rings. The summed E-state index contributed by atoms with van der Waals surface area (Å²) < 4.78 is 0. The maximum atomic E-state index is 11.3. The lowest BCUT2D eigenvalue weighted by Gasteiger charge is -2.07. The second-order valence-electron chi connectivity index (χ2n) is 4.56. The minimum atomic E-state index is 0.201. The van der Waals surface area contributed by atoms with E-state index in [0.717, 1.165) is 24.6 Å². The van der Waals surface area contributed by atoms with Crippen LogP contribution in [0, 0.1) is 5.92 Å². The first-order valence-electron chi connectivity index (χ1n) is 5.90. The molecule has 0 rings (SSSR count). The Morgan fingerprint density at radius 1 is 1.27 bits per heavy atom. The minimum Gasteiger partial charge on any atom is -0.356 e. The molecule has 0 spiro atoms. The van der Waals surface area contributed by atoms with Crippen molar-refractivity contribution >= 4 is 17.7 Å². The van der Waals surface area contributed by atoms with Crippen LogP contribution in [0.1, 0.15) is 47.0 Å². The van der Waals surface area contributed by atoms with E-state index < -0.39 is 0 Å². The Labute approximate surface area is 98.6 Å². The minimum absolute atomic E-state index is 0.201. The summed E-state index contributed by atoms with van der Waals surface area (Å²) in [5, 5.41) is 3.58. The number of rotatable bonds is 8. The van der Waals surface area contributed by atoms with Gasteiger partial charge in [0.1, 0.15) is 0 Å². The van der Waals surface area contributed by atoms with Gasteiger partial charge in [0.25, 0.3) is 0 Å². The van der Waals surface area contributed by atoms with E-state index in [1.54, 1.807) is 0 Å². The van der Waals surface area contributed by atoms with Crippen molar-refractivity contribution in [3.8, 4) is 0 Å². The molecule has 0 aliphatic heterocycles. The van der Waals surface area contributed by atoms with Crippen LogP contribution in [0.2, 0.25) is 0 Å². The molecule has 2 nitrogen and oxygen atoms in total. The fourth-order valence-corrected chi connectivity index (χ4v) is 1.99. The molecule has 0 saturated heterocycles. The van der Waals surface area contributed by atoms with Crippen LogP contribution in [-0.4, -0.2) is 23.5 Å². The van der Waals surface area contributed by atoms with Crippen molar-refractivity contribution in [3.63, 3.8) is 0 Å². The van der Waals surface area contributed by atoms with Gasteiger partial charge in [0, 0.05) is 18.7 Å². The van der Waals surface area contributed by atoms with E-state index in [0.29, 0.717) is 11.7 Å². The summed E-state index contributed by atoms with van der Waals surface area (Å²) >= 11 is 1.84. The fourth-order valence-electron chi connectivity index (χ4n) is 1.21. The zero-order valence-electron chi connectivity index (χ0n) is 10.5. The summed E-state index contributed by atoms with van der Waals surface area (Å²) in [6, 6.07) is 0. The molecule has 0 heterocycles. The maximum absolute atomic E-state index is 11.3. The zero-order chi connectivity index (χ0) is 11.7. The van der Waals surface area contributed by atoms with Crippen LogP contribution >= 0.6 is 11.8 Å². The number of hydrogen-bond acceptors (Lipinski definition) is 2. The summed E-state index contributed by atoms with van der Waals surface area (Å²) in [5.41, 5.74) is 0. The molecule has 1 N–H and O–H groups in total.